The van der Waals surface area contributed by atoms with Gasteiger partial charge in [0.05, 0.1) is 0 Å². The number of nitrogens with one attached hydrogen (secondary N) is 1. The zero-order valence-corrected chi connectivity index (χ0v) is 13.6. The molecule has 2 aromatic heterocycles. The maximum atomic E-state index is 12.3. The van der Waals surface area contributed by atoms with Crippen molar-refractivity contribution >= 4 is 33.3 Å². The second kappa shape index (κ2) is 5.88. The third kappa shape index (κ3) is 3.01. The molecule has 3 rings (SSSR count). The van der Waals surface area contributed by atoms with Crippen LogP contribution in [0.15, 0.2) is 30.5 Å². The number of rotatable bonds is 4. The van der Waals surface area contributed by atoms with Crippen molar-refractivity contribution in [1.82, 2.24) is 14.8 Å². The van der Waals surface area contributed by atoms with Crippen LogP contribution in [0.5, 0.6) is 0 Å². The van der Waals surface area contributed by atoms with Crippen molar-refractivity contribution in [3.05, 3.63) is 41.0 Å². The van der Waals surface area contributed by atoms with Gasteiger partial charge in [0.25, 0.3) is 5.91 Å². The molecule has 1 amide bonds. The molecule has 114 valence electrons. The van der Waals surface area contributed by atoms with Crippen molar-refractivity contribution in [2.45, 2.75) is 20.3 Å². The summed E-state index contributed by atoms with van der Waals surface area (Å²) in [5.41, 5.74) is 1.73. The molecule has 0 unspecified atom stereocenters. The minimum atomic E-state index is -0.155. The largest absolute Gasteiger partial charge is 0.351 e. The topological polar surface area (TPSA) is 59.8 Å². The van der Waals surface area contributed by atoms with Gasteiger partial charge in [-0.05, 0) is 30.2 Å². The predicted molar refractivity (Wildman–Crippen MR) is 89.3 cm³/mol. The van der Waals surface area contributed by atoms with E-state index in [0.29, 0.717) is 16.6 Å². The summed E-state index contributed by atoms with van der Waals surface area (Å²) < 4.78 is 2.03. The number of hydrogen-bond acceptors (Lipinski definition) is 4. The summed E-state index contributed by atoms with van der Waals surface area (Å²) in [7, 11) is 1.99. The summed E-state index contributed by atoms with van der Waals surface area (Å²) in [6.07, 6.45) is 2.86. The summed E-state index contributed by atoms with van der Waals surface area (Å²) in [4.78, 5) is 12.3. The first-order chi connectivity index (χ1) is 10.5. The molecule has 0 saturated carbocycles. The van der Waals surface area contributed by atoms with Gasteiger partial charge in [0, 0.05) is 36.1 Å². The minimum Gasteiger partial charge on any atom is -0.351 e. The van der Waals surface area contributed by atoms with Crippen molar-refractivity contribution in [3.63, 3.8) is 0 Å². The minimum absolute atomic E-state index is 0.155. The van der Waals surface area contributed by atoms with Gasteiger partial charge in [0.1, 0.15) is 5.01 Å². The lowest BCUT2D eigenvalue weighted by molar-refractivity contribution is 0.102. The fraction of sp³-hybridized carbons (Fsp3) is 0.312. The van der Waals surface area contributed by atoms with Crippen LogP contribution in [-0.2, 0) is 13.5 Å². The molecule has 0 aliphatic heterocycles. The highest BCUT2D eigenvalue weighted by Gasteiger charge is 2.12. The molecule has 22 heavy (non-hydrogen) atoms. The fourth-order valence-electron chi connectivity index (χ4n) is 2.33. The van der Waals surface area contributed by atoms with Crippen LogP contribution in [0.4, 0.5) is 5.13 Å². The standard InChI is InChI=1S/C16H18N4OS/c1-10(2)8-14-18-19-16(22-14)17-15(21)12-4-5-13-11(9-12)6-7-20(13)3/h4-7,9-10H,8H2,1-3H3,(H,17,19,21). The Labute approximate surface area is 133 Å². The van der Waals surface area contributed by atoms with E-state index in [2.05, 4.69) is 29.4 Å². The maximum absolute atomic E-state index is 12.3. The Balaban J connectivity index is 1.76. The maximum Gasteiger partial charge on any atom is 0.257 e. The number of aryl methyl sites for hydroxylation is 1. The Morgan fingerprint density at radius 1 is 1.32 bits per heavy atom. The van der Waals surface area contributed by atoms with Gasteiger partial charge in [-0.2, -0.15) is 0 Å². The normalized spacial score (nSPS) is 11.3. The van der Waals surface area contributed by atoms with Crippen LogP contribution in [0.2, 0.25) is 0 Å². The molecule has 0 radical (unpaired) electrons. The van der Waals surface area contributed by atoms with Crippen LogP contribution < -0.4 is 5.32 Å². The van der Waals surface area contributed by atoms with Crippen LogP contribution in [-0.4, -0.2) is 20.7 Å². The average Bonchev–Trinajstić information content (AvgIpc) is 3.05. The number of fused-ring (bicyclic) bond motifs is 1. The highest BCUT2D eigenvalue weighted by molar-refractivity contribution is 7.15. The third-order valence-electron chi connectivity index (χ3n) is 3.42. The van der Waals surface area contributed by atoms with Gasteiger partial charge in [-0.1, -0.05) is 25.2 Å². The van der Waals surface area contributed by atoms with E-state index in [1.54, 1.807) is 0 Å². The van der Waals surface area contributed by atoms with Gasteiger partial charge in [0.15, 0.2) is 0 Å². The zero-order valence-electron chi connectivity index (χ0n) is 12.8. The molecule has 0 aliphatic rings. The Morgan fingerprint density at radius 2 is 2.14 bits per heavy atom. The Morgan fingerprint density at radius 3 is 2.91 bits per heavy atom. The highest BCUT2D eigenvalue weighted by atomic mass is 32.1. The summed E-state index contributed by atoms with van der Waals surface area (Å²) >= 11 is 1.43. The van der Waals surface area contributed by atoms with Crippen LogP contribution in [0.3, 0.4) is 0 Å². The number of anilines is 1. The first-order valence-electron chi connectivity index (χ1n) is 7.22. The molecule has 0 fully saturated rings. The molecule has 0 atom stereocenters. The monoisotopic (exact) mass is 314 g/mol. The average molecular weight is 314 g/mol. The van der Waals surface area contributed by atoms with E-state index in [4.69, 9.17) is 0 Å². The smallest absolute Gasteiger partial charge is 0.257 e. The Kier molecular flexibility index (Phi) is 3.94. The van der Waals surface area contributed by atoms with E-state index in [0.717, 1.165) is 22.3 Å². The van der Waals surface area contributed by atoms with Crippen LogP contribution >= 0.6 is 11.3 Å². The molecule has 0 saturated heterocycles. The van der Waals surface area contributed by atoms with Gasteiger partial charge in [-0.3, -0.25) is 10.1 Å². The van der Waals surface area contributed by atoms with Gasteiger partial charge >= 0.3 is 0 Å². The number of benzene rings is 1. The first kappa shape index (κ1) is 14.7. The molecule has 2 heterocycles. The van der Waals surface area contributed by atoms with E-state index in [-0.39, 0.29) is 5.91 Å². The zero-order chi connectivity index (χ0) is 15.7. The predicted octanol–water partition coefficient (Wildman–Crippen LogP) is 3.48. The molecule has 0 spiro atoms. The van der Waals surface area contributed by atoms with Crippen LogP contribution in [0, 0.1) is 5.92 Å². The number of amides is 1. The van der Waals surface area contributed by atoms with Crippen molar-refractivity contribution in [2.24, 2.45) is 13.0 Å². The fourth-order valence-corrected chi connectivity index (χ4v) is 3.27. The van der Waals surface area contributed by atoms with Gasteiger partial charge in [0.2, 0.25) is 5.13 Å². The lowest BCUT2D eigenvalue weighted by Gasteiger charge is -2.02. The molecule has 1 aromatic carbocycles. The summed E-state index contributed by atoms with van der Waals surface area (Å²) in [5, 5.41) is 13.5. The lowest BCUT2D eigenvalue weighted by Crippen LogP contribution is -2.11. The molecule has 0 bridgehead atoms. The first-order valence-corrected chi connectivity index (χ1v) is 8.03. The molecular formula is C16H18N4OS. The number of carbonyl (C=O) groups is 1. The number of hydrogen-bond donors (Lipinski definition) is 1. The third-order valence-corrected chi connectivity index (χ3v) is 4.28. The summed E-state index contributed by atoms with van der Waals surface area (Å²) in [6, 6.07) is 7.67. The van der Waals surface area contributed by atoms with Crippen molar-refractivity contribution < 1.29 is 4.79 Å². The molecule has 5 nitrogen and oxygen atoms in total. The van der Waals surface area contributed by atoms with E-state index in [9.17, 15) is 4.79 Å². The number of carbonyl (C=O) groups excluding carboxylic acids is 1. The molecular weight excluding hydrogens is 296 g/mol. The van der Waals surface area contributed by atoms with Gasteiger partial charge in [-0.25, -0.2) is 0 Å². The molecule has 6 heteroatoms. The van der Waals surface area contributed by atoms with E-state index in [1.807, 2.05) is 42.1 Å². The summed E-state index contributed by atoms with van der Waals surface area (Å²) in [5.74, 6) is 0.370. The van der Waals surface area contributed by atoms with E-state index in [1.165, 1.54) is 11.3 Å². The SMILES string of the molecule is CC(C)Cc1nnc(NC(=O)c2ccc3c(ccn3C)c2)s1. The molecule has 0 aliphatic carbocycles. The summed E-state index contributed by atoms with van der Waals surface area (Å²) in [6.45, 7) is 4.27. The second-order valence-electron chi connectivity index (χ2n) is 5.75. The van der Waals surface area contributed by atoms with Gasteiger partial charge < -0.3 is 4.57 Å². The van der Waals surface area contributed by atoms with Crippen molar-refractivity contribution in [3.8, 4) is 0 Å². The van der Waals surface area contributed by atoms with Crippen LogP contribution in [0.25, 0.3) is 10.9 Å². The van der Waals surface area contributed by atoms with E-state index >= 15 is 0 Å². The Hall–Kier alpha value is -2.21. The second-order valence-corrected chi connectivity index (χ2v) is 6.82. The number of aromatic nitrogens is 3. The molecule has 3 aromatic rings. The highest BCUT2D eigenvalue weighted by Crippen LogP contribution is 2.21. The molecule has 1 N–H and O–H groups in total. The van der Waals surface area contributed by atoms with Crippen LogP contribution in [0.1, 0.15) is 29.2 Å². The Bertz CT molecular complexity index is 819. The van der Waals surface area contributed by atoms with Crippen molar-refractivity contribution in [2.75, 3.05) is 5.32 Å². The van der Waals surface area contributed by atoms with Gasteiger partial charge in [-0.15, -0.1) is 10.2 Å². The number of nitrogens with zero attached hydrogens (tertiary/aromatic N) is 3. The van der Waals surface area contributed by atoms with Crippen molar-refractivity contribution in [1.29, 1.82) is 0 Å². The lowest BCUT2D eigenvalue weighted by atomic mass is 10.1. The quantitative estimate of drug-likeness (QED) is 0.802. The van der Waals surface area contributed by atoms with E-state index < -0.39 is 0 Å².